The van der Waals surface area contributed by atoms with Gasteiger partial charge in [-0.15, -0.1) is 0 Å². The molecule has 0 saturated carbocycles. The van der Waals surface area contributed by atoms with E-state index in [0.717, 1.165) is 11.3 Å². The van der Waals surface area contributed by atoms with E-state index in [1.54, 1.807) is 6.92 Å². The molecule has 0 unspecified atom stereocenters. The molecule has 0 atom stereocenters. The van der Waals surface area contributed by atoms with Gasteiger partial charge in [0.15, 0.2) is 5.78 Å². The fourth-order valence-corrected chi connectivity index (χ4v) is 1.69. The zero-order valence-corrected chi connectivity index (χ0v) is 9.44. The highest BCUT2D eigenvalue weighted by molar-refractivity contribution is 6.10. The van der Waals surface area contributed by atoms with Crippen LogP contribution >= 0.6 is 0 Å². The van der Waals surface area contributed by atoms with Gasteiger partial charge < -0.3 is 4.42 Å². The van der Waals surface area contributed by atoms with Crippen LogP contribution in [0.4, 0.5) is 0 Å². The first-order valence-corrected chi connectivity index (χ1v) is 4.97. The van der Waals surface area contributed by atoms with E-state index in [4.69, 9.17) is 4.42 Å². The number of hydrogen-bond donors (Lipinski definition) is 0. The second-order valence-electron chi connectivity index (χ2n) is 3.67. The molecule has 4 heteroatoms. The lowest BCUT2D eigenvalue weighted by Gasteiger charge is -1.99. The first kappa shape index (κ1) is 10.5. The number of ketones is 1. The van der Waals surface area contributed by atoms with Crippen molar-refractivity contribution in [3.63, 3.8) is 0 Å². The van der Waals surface area contributed by atoms with Gasteiger partial charge in [-0.3, -0.25) is 4.79 Å². The molecule has 82 valence electrons. The molecule has 0 bridgehead atoms. The maximum absolute atomic E-state index is 12.2. The number of nitrogens with zero attached hydrogens (tertiary/aromatic N) is 2. The average molecular weight is 216 g/mol. The van der Waals surface area contributed by atoms with Crippen molar-refractivity contribution in [3.05, 3.63) is 46.9 Å². The van der Waals surface area contributed by atoms with Crippen molar-refractivity contribution in [2.24, 2.45) is 0 Å². The number of furan rings is 1. The van der Waals surface area contributed by atoms with E-state index in [9.17, 15) is 4.79 Å². The molecule has 0 spiro atoms. The lowest BCUT2D eigenvalue weighted by atomic mass is 10.0. The first-order chi connectivity index (χ1) is 7.61. The third kappa shape index (κ3) is 1.62. The number of aryl methyl sites for hydroxylation is 2. The SMILES string of the molecule is Cc1oc(C)c(C(=O)c2cncnc2)c1C. The Bertz CT molecular complexity index is 529. The molecule has 2 aromatic heterocycles. The normalized spacial score (nSPS) is 10.4. The largest absolute Gasteiger partial charge is 0.466 e. The van der Waals surface area contributed by atoms with Crippen molar-refractivity contribution in [2.45, 2.75) is 20.8 Å². The van der Waals surface area contributed by atoms with E-state index in [1.807, 2.05) is 13.8 Å². The summed E-state index contributed by atoms with van der Waals surface area (Å²) in [7, 11) is 0. The summed E-state index contributed by atoms with van der Waals surface area (Å²) in [6.45, 7) is 5.51. The van der Waals surface area contributed by atoms with Gasteiger partial charge in [0.05, 0.1) is 11.1 Å². The van der Waals surface area contributed by atoms with Crippen LogP contribution in [0.15, 0.2) is 23.1 Å². The molecule has 2 aromatic rings. The van der Waals surface area contributed by atoms with Crippen LogP contribution in [-0.4, -0.2) is 15.8 Å². The Kier molecular flexibility index (Phi) is 2.56. The van der Waals surface area contributed by atoms with Gasteiger partial charge in [-0.2, -0.15) is 0 Å². The van der Waals surface area contributed by atoms with Gasteiger partial charge in [-0.25, -0.2) is 9.97 Å². The molecule has 2 rings (SSSR count). The molecule has 0 N–H and O–H groups in total. The lowest BCUT2D eigenvalue weighted by Crippen LogP contribution is -2.04. The van der Waals surface area contributed by atoms with Crippen LogP contribution in [0.1, 0.15) is 33.0 Å². The Morgan fingerprint density at radius 3 is 2.25 bits per heavy atom. The summed E-state index contributed by atoms with van der Waals surface area (Å²) < 4.78 is 5.43. The van der Waals surface area contributed by atoms with Crippen molar-refractivity contribution in [3.8, 4) is 0 Å². The minimum absolute atomic E-state index is 0.0903. The maximum Gasteiger partial charge on any atom is 0.199 e. The molecule has 0 amide bonds. The molecule has 0 fully saturated rings. The van der Waals surface area contributed by atoms with Crippen molar-refractivity contribution < 1.29 is 9.21 Å². The number of carbonyl (C=O) groups excluding carboxylic acids is 1. The van der Waals surface area contributed by atoms with E-state index >= 15 is 0 Å². The van der Waals surface area contributed by atoms with Gasteiger partial charge in [0.25, 0.3) is 0 Å². The van der Waals surface area contributed by atoms with Crippen LogP contribution in [0, 0.1) is 20.8 Å². The smallest absolute Gasteiger partial charge is 0.199 e. The van der Waals surface area contributed by atoms with Crippen LogP contribution in [0.2, 0.25) is 0 Å². The molecule has 0 aliphatic rings. The fraction of sp³-hybridized carbons (Fsp3) is 0.250. The topological polar surface area (TPSA) is 56.0 Å². The van der Waals surface area contributed by atoms with Crippen molar-refractivity contribution in [2.75, 3.05) is 0 Å². The Hall–Kier alpha value is -1.97. The van der Waals surface area contributed by atoms with E-state index in [1.165, 1.54) is 18.7 Å². The van der Waals surface area contributed by atoms with E-state index in [2.05, 4.69) is 9.97 Å². The highest BCUT2D eigenvalue weighted by atomic mass is 16.3. The van der Waals surface area contributed by atoms with Gasteiger partial charge in [0, 0.05) is 18.0 Å². The van der Waals surface area contributed by atoms with Gasteiger partial charge in [0.1, 0.15) is 17.8 Å². The molecule has 4 nitrogen and oxygen atoms in total. The molecule has 0 saturated heterocycles. The minimum Gasteiger partial charge on any atom is -0.466 e. The molecule has 0 aliphatic heterocycles. The van der Waals surface area contributed by atoms with Crippen molar-refractivity contribution >= 4 is 5.78 Å². The zero-order chi connectivity index (χ0) is 11.7. The highest BCUT2D eigenvalue weighted by Gasteiger charge is 2.19. The van der Waals surface area contributed by atoms with Crippen LogP contribution in [0.3, 0.4) is 0 Å². The number of carbonyl (C=O) groups is 1. The predicted molar refractivity (Wildman–Crippen MR) is 58.4 cm³/mol. The summed E-state index contributed by atoms with van der Waals surface area (Å²) in [6.07, 6.45) is 4.42. The number of hydrogen-bond acceptors (Lipinski definition) is 4. The van der Waals surface area contributed by atoms with E-state index in [0.29, 0.717) is 16.9 Å². The van der Waals surface area contributed by atoms with Gasteiger partial charge in [-0.05, 0) is 20.8 Å². The Morgan fingerprint density at radius 1 is 1.12 bits per heavy atom. The zero-order valence-electron chi connectivity index (χ0n) is 9.44. The molecule has 2 heterocycles. The number of aromatic nitrogens is 2. The monoisotopic (exact) mass is 216 g/mol. The Morgan fingerprint density at radius 2 is 1.75 bits per heavy atom. The number of rotatable bonds is 2. The van der Waals surface area contributed by atoms with Gasteiger partial charge >= 0.3 is 0 Å². The third-order valence-corrected chi connectivity index (χ3v) is 2.61. The first-order valence-electron chi connectivity index (χ1n) is 4.97. The van der Waals surface area contributed by atoms with Crippen LogP contribution in [-0.2, 0) is 0 Å². The Labute approximate surface area is 93.3 Å². The summed E-state index contributed by atoms with van der Waals surface area (Å²) in [6, 6.07) is 0. The minimum atomic E-state index is -0.0903. The lowest BCUT2D eigenvalue weighted by molar-refractivity contribution is 0.103. The molecular weight excluding hydrogens is 204 g/mol. The van der Waals surface area contributed by atoms with Crippen LogP contribution in [0.25, 0.3) is 0 Å². The van der Waals surface area contributed by atoms with Gasteiger partial charge in [-0.1, -0.05) is 0 Å². The molecule has 16 heavy (non-hydrogen) atoms. The highest BCUT2D eigenvalue weighted by Crippen LogP contribution is 2.23. The second-order valence-corrected chi connectivity index (χ2v) is 3.67. The standard InChI is InChI=1S/C12H12N2O2/c1-7-8(2)16-9(3)11(7)12(15)10-4-13-6-14-5-10/h4-6H,1-3H3. The predicted octanol–water partition coefficient (Wildman–Crippen LogP) is 2.23. The third-order valence-electron chi connectivity index (χ3n) is 2.61. The molecular formula is C12H12N2O2. The molecule has 0 aliphatic carbocycles. The summed E-state index contributed by atoms with van der Waals surface area (Å²) in [5.41, 5.74) is 1.98. The summed E-state index contributed by atoms with van der Waals surface area (Å²) in [5, 5.41) is 0. The molecule has 0 radical (unpaired) electrons. The maximum atomic E-state index is 12.2. The summed E-state index contributed by atoms with van der Waals surface area (Å²) in [5.74, 6) is 1.33. The fourth-order valence-electron chi connectivity index (χ4n) is 1.69. The van der Waals surface area contributed by atoms with E-state index in [-0.39, 0.29) is 5.78 Å². The average Bonchev–Trinajstić information content (AvgIpc) is 2.54. The second kappa shape index (κ2) is 3.89. The molecule has 0 aromatic carbocycles. The summed E-state index contributed by atoms with van der Waals surface area (Å²) in [4.78, 5) is 19.8. The van der Waals surface area contributed by atoms with Crippen molar-refractivity contribution in [1.82, 2.24) is 9.97 Å². The van der Waals surface area contributed by atoms with Crippen LogP contribution < -0.4 is 0 Å². The Balaban J connectivity index is 2.50. The van der Waals surface area contributed by atoms with Crippen molar-refractivity contribution in [1.29, 1.82) is 0 Å². The van der Waals surface area contributed by atoms with Crippen LogP contribution in [0.5, 0.6) is 0 Å². The summed E-state index contributed by atoms with van der Waals surface area (Å²) >= 11 is 0. The van der Waals surface area contributed by atoms with Gasteiger partial charge in [0.2, 0.25) is 0 Å². The quantitative estimate of drug-likeness (QED) is 0.722. The van der Waals surface area contributed by atoms with E-state index < -0.39 is 0 Å².